The summed E-state index contributed by atoms with van der Waals surface area (Å²) in [7, 11) is -0.535. The van der Waals surface area contributed by atoms with Crippen LogP contribution >= 0.6 is 0 Å². The zero-order chi connectivity index (χ0) is 22.6. The van der Waals surface area contributed by atoms with Crippen LogP contribution in [0.3, 0.4) is 0 Å². The van der Waals surface area contributed by atoms with Crippen molar-refractivity contribution in [2.75, 3.05) is 35.7 Å². The first-order chi connectivity index (χ1) is 14.7. The van der Waals surface area contributed by atoms with Gasteiger partial charge < -0.3 is 15.7 Å². The second kappa shape index (κ2) is 8.66. The first-order valence-corrected chi connectivity index (χ1v) is 10.4. The van der Waals surface area contributed by atoms with Crippen molar-refractivity contribution in [1.29, 1.82) is 0 Å². The summed E-state index contributed by atoms with van der Waals surface area (Å²) in [5.41, 5.74) is -0.116. The molecule has 0 atom stereocenters. The molecular weight excluding hydrogens is 430 g/mol. The maximum Gasteiger partial charge on any atom is 0.341 e. The van der Waals surface area contributed by atoms with Gasteiger partial charge in [-0.25, -0.2) is 18.2 Å². The summed E-state index contributed by atoms with van der Waals surface area (Å²) in [5.74, 6) is -1.07. The molecule has 0 saturated carbocycles. The average molecular weight is 447 g/mol. The van der Waals surface area contributed by atoms with Gasteiger partial charge in [-0.15, -0.1) is 10.2 Å². The molecule has 0 spiro atoms. The molecule has 3 aromatic heterocycles. The summed E-state index contributed by atoms with van der Waals surface area (Å²) in [6, 6.07) is 0. The minimum atomic E-state index is -3.61. The molecule has 0 saturated heterocycles. The monoisotopic (exact) mass is 447 g/mol. The highest BCUT2D eigenvalue weighted by Gasteiger charge is 2.20. The Labute approximate surface area is 175 Å². The summed E-state index contributed by atoms with van der Waals surface area (Å²) in [6.07, 6.45) is 6.32. The highest BCUT2D eigenvalue weighted by atomic mass is 32.2. The third-order valence-corrected chi connectivity index (χ3v) is 4.17. The fraction of sp³-hybridized carbons (Fsp3) is 0.200. The van der Waals surface area contributed by atoms with Crippen LogP contribution in [0.4, 0.5) is 29.1 Å². The molecule has 0 aromatic carbocycles. The quantitative estimate of drug-likeness (QED) is 0.359. The Morgan fingerprint density at radius 3 is 2.29 bits per heavy atom. The number of anilines is 3. The van der Waals surface area contributed by atoms with Crippen LogP contribution in [0.2, 0.25) is 0 Å². The van der Waals surface area contributed by atoms with E-state index in [2.05, 4.69) is 50.6 Å². The highest BCUT2D eigenvalue weighted by Crippen LogP contribution is 2.34. The first kappa shape index (κ1) is 21.5. The smallest absolute Gasteiger partial charge is 0.341 e. The van der Waals surface area contributed by atoms with Gasteiger partial charge in [-0.3, -0.25) is 9.71 Å². The molecule has 0 amide bonds. The third kappa shape index (κ3) is 4.86. The Hall–Kier alpha value is -4.21. The van der Waals surface area contributed by atoms with E-state index in [0.29, 0.717) is 0 Å². The van der Waals surface area contributed by atoms with Crippen molar-refractivity contribution < 1.29 is 18.3 Å². The van der Waals surface area contributed by atoms with Crippen molar-refractivity contribution in [3.63, 3.8) is 0 Å². The Bertz CT molecular complexity index is 1220. The molecule has 0 radical (unpaired) electrons. The highest BCUT2D eigenvalue weighted by molar-refractivity contribution is 7.91. The molecule has 31 heavy (non-hydrogen) atoms. The van der Waals surface area contributed by atoms with E-state index in [-0.39, 0.29) is 40.5 Å². The zero-order valence-electron chi connectivity index (χ0n) is 16.5. The van der Waals surface area contributed by atoms with Crippen molar-refractivity contribution in [2.45, 2.75) is 0 Å². The summed E-state index contributed by atoms with van der Waals surface area (Å²) in [4.78, 5) is 27.7. The largest absolute Gasteiger partial charge is 0.477 e. The van der Waals surface area contributed by atoms with Crippen molar-refractivity contribution in [2.24, 2.45) is 10.2 Å². The molecule has 0 aliphatic rings. The first-order valence-electron chi connectivity index (χ1n) is 8.48. The normalized spacial score (nSPS) is 11.5. The lowest BCUT2D eigenvalue weighted by molar-refractivity contribution is 0.0697. The van der Waals surface area contributed by atoms with E-state index in [4.69, 9.17) is 0 Å². The Balaban J connectivity index is 2.11. The molecule has 4 N–H and O–H groups in total. The standard InChI is InChI=1S/C15H17N11O4S/c1-16-11-10(12(17-2)22-15(21-11)25-31(3,29)30)23-24-13-8(14(27)28)6-20-26(13)9-7-18-4-5-19-9/h4-7H,1-3H3,(H,27,28)(H3,16,17,21,22,25). The van der Waals surface area contributed by atoms with Gasteiger partial charge in [0.1, 0.15) is 5.56 Å². The van der Waals surface area contributed by atoms with Crippen LogP contribution in [-0.2, 0) is 10.0 Å². The van der Waals surface area contributed by atoms with Gasteiger partial charge in [-0.05, 0) is 0 Å². The van der Waals surface area contributed by atoms with E-state index in [1.165, 1.54) is 37.4 Å². The zero-order valence-corrected chi connectivity index (χ0v) is 17.3. The number of aromatic nitrogens is 6. The molecule has 15 nitrogen and oxygen atoms in total. The van der Waals surface area contributed by atoms with E-state index in [1.807, 2.05) is 0 Å². The molecular formula is C15H17N11O4S. The topological polar surface area (TPSA) is 202 Å². The lowest BCUT2D eigenvalue weighted by Crippen LogP contribution is -2.14. The van der Waals surface area contributed by atoms with Gasteiger partial charge in [0.15, 0.2) is 29.0 Å². The molecule has 3 aromatic rings. The molecule has 0 aliphatic heterocycles. The molecule has 0 aliphatic carbocycles. The number of hydrogen-bond acceptors (Lipinski definition) is 12. The van der Waals surface area contributed by atoms with Gasteiger partial charge in [-0.1, -0.05) is 0 Å². The maximum absolute atomic E-state index is 11.6. The summed E-state index contributed by atoms with van der Waals surface area (Å²) >= 11 is 0. The lowest BCUT2D eigenvalue weighted by Gasteiger charge is -2.11. The minimum Gasteiger partial charge on any atom is -0.477 e. The van der Waals surface area contributed by atoms with Crippen molar-refractivity contribution in [3.8, 4) is 5.82 Å². The maximum atomic E-state index is 11.6. The van der Waals surface area contributed by atoms with Gasteiger partial charge in [0.2, 0.25) is 16.0 Å². The number of nitrogens with one attached hydrogen (secondary N) is 3. The van der Waals surface area contributed by atoms with Gasteiger partial charge in [0, 0.05) is 26.5 Å². The lowest BCUT2D eigenvalue weighted by atomic mass is 10.3. The van der Waals surface area contributed by atoms with Crippen molar-refractivity contribution in [3.05, 3.63) is 30.4 Å². The number of aromatic carboxylic acids is 1. The predicted octanol–water partition coefficient (Wildman–Crippen LogP) is 1.02. The van der Waals surface area contributed by atoms with Crippen LogP contribution in [-0.4, -0.2) is 69.6 Å². The van der Waals surface area contributed by atoms with E-state index in [0.717, 1.165) is 12.5 Å². The average Bonchev–Trinajstić information content (AvgIpc) is 3.15. The summed E-state index contributed by atoms with van der Waals surface area (Å²) < 4.78 is 26.3. The molecule has 0 fully saturated rings. The Kier molecular flexibility index (Phi) is 6.00. The number of hydrogen-bond donors (Lipinski definition) is 4. The molecule has 16 heteroatoms. The Morgan fingerprint density at radius 1 is 1.10 bits per heavy atom. The van der Waals surface area contributed by atoms with E-state index < -0.39 is 16.0 Å². The molecule has 3 rings (SSSR count). The number of azo groups is 1. The molecule has 0 unspecified atom stereocenters. The SMILES string of the molecule is CNc1nc(NS(C)(=O)=O)nc(NC)c1N=Nc1c(C(=O)O)cnn1-c1cnccn1. The second-order valence-electron chi connectivity index (χ2n) is 5.83. The molecule has 3 heterocycles. The number of carbonyl (C=O) groups is 1. The van der Waals surface area contributed by atoms with Crippen LogP contribution in [0, 0.1) is 0 Å². The van der Waals surface area contributed by atoms with Gasteiger partial charge in [0.05, 0.1) is 18.6 Å². The van der Waals surface area contributed by atoms with Crippen LogP contribution in [0.25, 0.3) is 5.82 Å². The molecule has 0 bridgehead atoms. The fourth-order valence-corrected chi connectivity index (χ4v) is 2.79. The number of carboxylic acids is 1. The van der Waals surface area contributed by atoms with E-state index in [1.54, 1.807) is 0 Å². The summed E-state index contributed by atoms with van der Waals surface area (Å²) in [6.45, 7) is 0. The third-order valence-electron chi connectivity index (χ3n) is 3.62. The van der Waals surface area contributed by atoms with Crippen LogP contribution in [0.5, 0.6) is 0 Å². The van der Waals surface area contributed by atoms with Crippen LogP contribution in [0.1, 0.15) is 10.4 Å². The Morgan fingerprint density at radius 2 is 1.77 bits per heavy atom. The number of carboxylic acid groups (broad SMARTS) is 1. The predicted molar refractivity (Wildman–Crippen MR) is 110 cm³/mol. The van der Waals surface area contributed by atoms with Crippen molar-refractivity contribution in [1.82, 2.24) is 29.7 Å². The van der Waals surface area contributed by atoms with E-state index >= 15 is 0 Å². The number of rotatable bonds is 8. The van der Waals surface area contributed by atoms with Crippen LogP contribution in [0.15, 0.2) is 35.0 Å². The van der Waals surface area contributed by atoms with E-state index in [9.17, 15) is 18.3 Å². The summed E-state index contributed by atoms with van der Waals surface area (Å²) in [5, 5.41) is 27.1. The minimum absolute atomic E-state index is 0.104. The second-order valence-corrected chi connectivity index (χ2v) is 7.58. The molecule has 162 valence electrons. The fourth-order valence-electron chi connectivity index (χ4n) is 2.36. The van der Waals surface area contributed by atoms with Crippen molar-refractivity contribution >= 4 is 45.1 Å². The van der Waals surface area contributed by atoms with Gasteiger partial charge >= 0.3 is 5.97 Å². The van der Waals surface area contributed by atoms with Gasteiger partial charge in [-0.2, -0.15) is 19.7 Å². The van der Waals surface area contributed by atoms with Gasteiger partial charge in [0.25, 0.3) is 0 Å². The van der Waals surface area contributed by atoms with Crippen LogP contribution < -0.4 is 15.4 Å². The number of sulfonamides is 1. The number of nitrogens with zero attached hydrogens (tertiary/aromatic N) is 8.